The number of rotatable bonds is 2. The largest absolute Gasteiger partial charge is 0.472 e. The molecule has 0 amide bonds. The van der Waals surface area contributed by atoms with E-state index in [1.165, 1.54) is 12.3 Å². The monoisotopic (exact) mass is 162 g/mol. The summed E-state index contributed by atoms with van der Waals surface area (Å²) in [7, 11) is 0. The van der Waals surface area contributed by atoms with Crippen LogP contribution in [0, 0.1) is 0 Å². The zero-order valence-corrected chi connectivity index (χ0v) is 5.92. The summed E-state index contributed by atoms with van der Waals surface area (Å²) in [6.45, 7) is 1.04. The van der Waals surface area contributed by atoms with Crippen molar-refractivity contribution < 1.29 is 18.3 Å². The van der Waals surface area contributed by atoms with Gasteiger partial charge in [0.2, 0.25) is 0 Å². The Morgan fingerprint density at radius 1 is 1.64 bits per heavy atom. The summed E-state index contributed by atoms with van der Waals surface area (Å²) in [5.41, 5.74) is -2.01. The fraction of sp³-hybridized carbons (Fsp3) is 0.429. The SMILES string of the molecule is CC(O)(c1ccoc1)C(F)F. The molecule has 1 unspecified atom stereocenters. The second-order valence-electron chi connectivity index (χ2n) is 2.46. The van der Waals surface area contributed by atoms with E-state index in [4.69, 9.17) is 5.11 Å². The molecule has 0 fully saturated rings. The highest BCUT2D eigenvalue weighted by Gasteiger charge is 2.34. The summed E-state index contributed by atoms with van der Waals surface area (Å²) in [4.78, 5) is 0. The predicted octanol–water partition coefficient (Wildman–Crippen LogP) is 1.75. The smallest absolute Gasteiger partial charge is 0.270 e. The molecule has 1 aromatic rings. The molecule has 0 spiro atoms. The van der Waals surface area contributed by atoms with E-state index >= 15 is 0 Å². The molecule has 2 nitrogen and oxygen atoms in total. The first-order chi connectivity index (χ1) is 5.05. The van der Waals surface area contributed by atoms with Gasteiger partial charge in [-0.3, -0.25) is 0 Å². The van der Waals surface area contributed by atoms with Crippen LogP contribution in [0.25, 0.3) is 0 Å². The highest BCUT2D eigenvalue weighted by Crippen LogP contribution is 2.27. The highest BCUT2D eigenvalue weighted by molar-refractivity contribution is 5.15. The van der Waals surface area contributed by atoms with Crippen LogP contribution in [0.2, 0.25) is 0 Å². The lowest BCUT2D eigenvalue weighted by molar-refractivity contribution is -0.0886. The summed E-state index contributed by atoms with van der Waals surface area (Å²) in [5.74, 6) is 0. The highest BCUT2D eigenvalue weighted by atomic mass is 19.3. The summed E-state index contributed by atoms with van der Waals surface area (Å²) in [5, 5.41) is 9.14. The molecule has 0 aliphatic carbocycles. The van der Waals surface area contributed by atoms with Gasteiger partial charge >= 0.3 is 0 Å². The third kappa shape index (κ3) is 1.40. The molecule has 0 aliphatic rings. The Kier molecular flexibility index (Phi) is 1.95. The second kappa shape index (κ2) is 2.62. The number of hydrogen-bond acceptors (Lipinski definition) is 2. The van der Waals surface area contributed by atoms with Crippen LogP contribution in [0.4, 0.5) is 8.78 Å². The summed E-state index contributed by atoms with van der Waals surface area (Å²) in [6, 6.07) is 1.31. The van der Waals surface area contributed by atoms with E-state index < -0.39 is 12.0 Å². The molecule has 0 bridgehead atoms. The molecule has 62 valence electrons. The van der Waals surface area contributed by atoms with E-state index in [0.717, 1.165) is 13.2 Å². The van der Waals surface area contributed by atoms with Crippen LogP contribution < -0.4 is 0 Å². The number of furan rings is 1. The molecule has 1 heterocycles. The molecule has 11 heavy (non-hydrogen) atoms. The fourth-order valence-electron chi connectivity index (χ4n) is 0.678. The standard InChI is InChI=1S/C7H8F2O2/c1-7(10,6(8)9)5-2-3-11-4-5/h2-4,6,10H,1H3. The Morgan fingerprint density at radius 2 is 2.27 bits per heavy atom. The normalized spacial score (nSPS) is 16.8. The number of halogens is 2. The van der Waals surface area contributed by atoms with Crippen molar-refractivity contribution in [2.45, 2.75) is 19.0 Å². The van der Waals surface area contributed by atoms with Crippen molar-refractivity contribution in [2.75, 3.05) is 0 Å². The predicted molar refractivity (Wildman–Crippen MR) is 34.3 cm³/mol. The average molecular weight is 162 g/mol. The Labute approximate surface area is 62.4 Å². The lowest BCUT2D eigenvalue weighted by Crippen LogP contribution is -2.29. The van der Waals surface area contributed by atoms with Gasteiger partial charge in [0.05, 0.1) is 12.5 Å². The molecule has 0 saturated carbocycles. The molecule has 4 heteroatoms. The van der Waals surface area contributed by atoms with Gasteiger partial charge in [0.25, 0.3) is 6.43 Å². The number of alkyl halides is 2. The maximum atomic E-state index is 12.1. The van der Waals surface area contributed by atoms with Crippen LogP contribution >= 0.6 is 0 Å². The lowest BCUT2D eigenvalue weighted by atomic mass is 10.0. The quantitative estimate of drug-likeness (QED) is 0.718. The molecular formula is C7H8F2O2. The van der Waals surface area contributed by atoms with Gasteiger partial charge in [-0.05, 0) is 13.0 Å². The van der Waals surface area contributed by atoms with E-state index in [0.29, 0.717) is 0 Å². The van der Waals surface area contributed by atoms with Crippen LogP contribution in [-0.4, -0.2) is 11.5 Å². The van der Waals surface area contributed by atoms with Crippen molar-refractivity contribution in [3.63, 3.8) is 0 Å². The summed E-state index contributed by atoms with van der Waals surface area (Å²) >= 11 is 0. The van der Waals surface area contributed by atoms with Gasteiger partial charge in [0.1, 0.15) is 0 Å². The first kappa shape index (κ1) is 8.20. The lowest BCUT2D eigenvalue weighted by Gasteiger charge is -2.19. The number of hydrogen-bond donors (Lipinski definition) is 1. The Balaban J connectivity index is 2.90. The summed E-state index contributed by atoms with van der Waals surface area (Å²) in [6.07, 6.45) is -0.460. The topological polar surface area (TPSA) is 33.4 Å². The van der Waals surface area contributed by atoms with Crippen molar-refractivity contribution in [3.05, 3.63) is 24.2 Å². The van der Waals surface area contributed by atoms with Gasteiger partial charge in [-0.15, -0.1) is 0 Å². The van der Waals surface area contributed by atoms with E-state index in [-0.39, 0.29) is 5.56 Å². The molecular weight excluding hydrogens is 154 g/mol. The van der Waals surface area contributed by atoms with Gasteiger partial charge in [0, 0.05) is 5.56 Å². The third-order valence-electron chi connectivity index (χ3n) is 1.53. The first-order valence-corrected chi connectivity index (χ1v) is 3.08. The molecule has 0 radical (unpaired) electrons. The van der Waals surface area contributed by atoms with Crippen LogP contribution in [0.1, 0.15) is 12.5 Å². The van der Waals surface area contributed by atoms with Crippen LogP contribution in [0.15, 0.2) is 23.0 Å². The minimum atomic E-state index is -2.81. The average Bonchev–Trinajstić information content (AvgIpc) is 2.37. The molecule has 1 rings (SSSR count). The van der Waals surface area contributed by atoms with Crippen molar-refractivity contribution in [3.8, 4) is 0 Å². The van der Waals surface area contributed by atoms with Crippen LogP contribution in [-0.2, 0) is 5.60 Å². The van der Waals surface area contributed by atoms with Gasteiger partial charge in [-0.1, -0.05) is 0 Å². The zero-order chi connectivity index (χ0) is 8.48. The van der Waals surface area contributed by atoms with Crippen molar-refractivity contribution in [1.82, 2.24) is 0 Å². The minimum absolute atomic E-state index is 0.0903. The van der Waals surface area contributed by atoms with Crippen molar-refractivity contribution in [2.24, 2.45) is 0 Å². The maximum absolute atomic E-state index is 12.1. The molecule has 0 aromatic carbocycles. The maximum Gasteiger partial charge on any atom is 0.270 e. The third-order valence-corrected chi connectivity index (χ3v) is 1.53. The van der Waals surface area contributed by atoms with Crippen LogP contribution in [0.5, 0.6) is 0 Å². The van der Waals surface area contributed by atoms with E-state index in [1.54, 1.807) is 0 Å². The molecule has 1 aromatic heterocycles. The fourth-order valence-corrected chi connectivity index (χ4v) is 0.678. The Hall–Kier alpha value is -0.900. The molecule has 1 N–H and O–H groups in total. The molecule has 0 saturated heterocycles. The van der Waals surface area contributed by atoms with E-state index in [9.17, 15) is 8.78 Å². The van der Waals surface area contributed by atoms with Gasteiger partial charge in [0.15, 0.2) is 5.60 Å². The number of aliphatic hydroxyl groups is 1. The van der Waals surface area contributed by atoms with Crippen molar-refractivity contribution in [1.29, 1.82) is 0 Å². The van der Waals surface area contributed by atoms with Crippen LogP contribution in [0.3, 0.4) is 0 Å². The minimum Gasteiger partial charge on any atom is -0.472 e. The molecule has 0 aliphatic heterocycles. The van der Waals surface area contributed by atoms with Gasteiger partial charge < -0.3 is 9.52 Å². The molecule has 1 atom stereocenters. The first-order valence-electron chi connectivity index (χ1n) is 3.08. The Morgan fingerprint density at radius 3 is 2.64 bits per heavy atom. The summed E-state index contributed by atoms with van der Waals surface area (Å²) < 4.78 is 28.7. The van der Waals surface area contributed by atoms with Gasteiger partial charge in [-0.25, -0.2) is 8.78 Å². The van der Waals surface area contributed by atoms with E-state index in [1.807, 2.05) is 0 Å². The second-order valence-corrected chi connectivity index (χ2v) is 2.46. The Bertz CT molecular complexity index is 216. The van der Waals surface area contributed by atoms with Crippen molar-refractivity contribution >= 4 is 0 Å². The zero-order valence-electron chi connectivity index (χ0n) is 5.92. The van der Waals surface area contributed by atoms with Gasteiger partial charge in [-0.2, -0.15) is 0 Å². The van der Waals surface area contributed by atoms with E-state index in [2.05, 4.69) is 4.42 Å².